The average molecular weight is 368 g/mol. The molecule has 0 aliphatic rings. The van der Waals surface area contributed by atoms with Crippen LogP contribution in [0.2, 0.25) is 0 Å². The van der Waals surface area contributed by atoms with Crippen LogP contribution in [0.25, 0.3) is 0 Å². The highest BCUT2D eigenvalue weighted by Gasteiger charge is 2.27. The number of H-pyrrole nitrogens is 1. The summed E-state index contributed by atoms with van der Waals surface area (Å²) in [4.78, 5) is 38.5. The summed E-state index contributed by atoms with van der Waals surface area (Å²) in [6.07, 6.45) is -0.203. The van der Waals surface area contributed by atoms with E-state index >= 15 is 0 Å². The summed E-state index contributed by atoms with van der Waals surface area (Å²) >= 11 is 0. The minimum Gasteiger partial charge on any atom is -0.480 e. The van der Waals surface area contributed by atoms with Crippen molar-refractivity contribution >= 4 is 18.0 Å². The van der Waals surface area contributed by atoms with Gasteiger partial charge in [0, 0.05) is 12.1 Å². The maximum absolute atomic E-state index is 12.0. The van der Waals surface area contributed by atoms with Crippen LogP contribution in [0.1, 0.15) is 61.9 Å². The van der Waals surface area contributed by atoms with Crippen LogP contribution in [-0.2, 0) is 27.1 Å². The van der Waals surface area contributed by atoms with Gasteiger partial charge in [-0.2, -0.15) is 0 Å². The second-order valence-corrected chi connectivity index (χ2v) is 6.90. The first-order valence-corrected chi connectivity index (χ1v) is 8.59. The highest BCUT2D eigenvalue weighted by molar-refractivity contribution is 5.90. The van der Waals surface area contributed by atoms with E-state index in [2.05, 4.69) is 10.3 Å². The third kappa shape index (κ3) is 5.79. The minimum absolute atomic E-state index is 0.00199. The highest BCUT2D eigenvalue weighted by Crippen LogP contribution is 2.21. The van der Waals surface area contributed by atoms with Crippen molar-refractivity contribution in [2.45, 2.75) is 66.0 Å². The van der Waals surface area contributed by atoms with Crippen LogP contribution < -0.4 is 5.32 Å². The number of rotatable bonds is 7. The quantitative estimate of drug-likeness (QED) is 0.637. The summed E-state index contributed by atoms with van der Waals surface area (Å²) in [6.45, 7) is 10.7. The molecule has 3 N–H and O–H groups in total. The van der Waals surface area contributed by atoms with Gasteiger partial charge in [-0.1, -0.05) is 6.92 Å². The topological polar surface area (TPSA) is 118 Å². The summed E-state index contributed by atoms with van der Waals surface area (Å²) < 4.78 is 10.1. The van der Waals surface area contributed by atoms with Gasteiger partial charge in [-0.15, -0.1) is 0 Å². The van der Waals surface area contributed by atoms with Crippen molar-refractivity contribution in [1.82, 2.24) is 10.3 Å². The number of amides is 1. The molecule has 0 saturated heterocycles. The lowest BCUT2D eigenvalue weighted by atomic mass is 10.0. The number of carboxylic acid groups (broad SMARTS) is 1. The number of carboxylic acids is 1. The van der Waals surface area contributed by atoms with Crippen molar-refractivity contribution < 1.29 is 29.0 Å². The van der Waals surface area contributed by atoms with Crippen LogP contribution in [0, 0.1) is 6.92 Å². The first kappa shape index (κ1) is 21.5. The maximum Gasteiger partial charge on any atom is 0.408 e. The van der Waals surface area contributed by atoms with Crippen LogP contribution in [-0.4, -0.2) is 46.4 Å². The van der Waals surface area contributed by atoms with Crippen LogP contribution in [0.4, 0.5) is 4.79 Å². The van der Waals surface area contributed by atoms with Gasteiger partial charge in [0.2, 0.25) is 0 Å². The Bertz CT molecular complexity index is 672. The number of carbonyl (C=O) groups is 3. The number of aromatic amines is 1. The number of nitrogens with one attached hydrogen (secondary N) is 2. The second kappa shape index (κ2) is 8.73. The van der Waals surface area contributed by atoms with Crippen molar-refractivity contribution in [2.24, 2.45) is 0 Å². The summed E-state index contributed by atoms with van der Waals surface area (Å²) in [5, 5.41) is 11.8. The molecule has 1 heterocycles. The lowest BCUT2D eigenvalue weighted by Crippen LogP contribution is -2.44. The number of ether oxygens (including phenoxy) is 2. The number of carbonyl (C=O) groups excluding carboxylic acids is 2. The molecule has 146 valence electrons. The predicted molar refractivity (Wildman–Crippen MR) is 95.4 cm³/mol. The Morgan fingerprint density at radius 3 is 2.31 bits per heavy atom. The van der Waals surface area contributed by atoms with E-state index in [1.165, 1.54) is 0 Å². The van der Waals surface area contributed by atoms with E-state index in [4.69, 9.17) is 9.47 Å². The Balaban J connectivity index is 3.05. The van der Waals surface area contributed by atoms with Gasteiger partial charge >= 0.3 is 18.0 Å². The Morgan fingerprint density at radius 1 is 1.23 bits per heavy atom. The van der Waals surface area contributed by atoms with Gasteiger partial charge in [-0.05, 0) is 52.2 Å². The number of aliphatic carboxylic acids is 1. The standard InChI is InChI=1S/C18H28N2O6/c1-7-11-10(3)14(16(23)25-8-2)19-12(11)9-13(15(21)22)20-17(24)26-18(4,5)6/h13,19H,7-9H2,1-6H3,(H,20,24)(H,21,22). The first-order valence-electron chi connectivity index (χ1n) is 8.59. The number of hydrogen-bond donors (Lipinski definition) is 3. The molecule has 0 aliphatic heterocycles. The molecule has 26 heavy (non-hydrogen) atoms. The predicted octanol–water partition coefficient (Wildman–Crippen LogP) is 2.58. The van der Waals surface area contributed by atoms with Crippen molar-refractivity contribution in [2.75, 3.05) is 6.61 Å². The highest BCUT2D eigenvalue weighted by atomic mass is 16.6. The molecular weight excluding hydrogens is 340 g/mol. The van der Waals surface area contributed by atoms with E-state index in [0.29, 0.717) is 17.8 Å². The van der Waals surface area contributed by atoms with E-state index in [1.54, 1.807) is 34.6 Å². The first-order chi connectivity index (χ1) is 12.0. The van der Waals surface area contributed by atoms with Crippen molar-refractivity contribution in [3.8, 4) is 0 Å². The fourth-order valence-electron chi connectivity index (χ4n) is 2.61. The largest absolute Gasteiger partial charge is 0.480 e. The lowest BCUT2D eigenvalue weighted by Gasteiger charge is -2.22. The van der Waals surface area contributed by atoms with Crippen LogP contribution in [0.15, 0.2) is 0 Å². The zero-order valence-corrected chi connectivity index (χ0v) is 16.2. The van der Waals surface area contributed by atoms with E-state index in [1.807, 2.05) is 6.92 Å². The molecule has 0 radical (unpaired) electrons. The molecule has 1 aromatic heterocycles. The van der Waals surface area contributed by atoms with E-state index in [9.17, 15) is 19.5 Å². The Kier molecular flexibility index (Phi) is 7.23. The summed E-state index contributed by atoms with van der Waals surface area (Å²) in [7, 11) is 0. The monoisotopic (exact) mass is 368 g/mol. The molecule has 0 aromatic carbocycles. The molecule has 1 aromatic rings. The Labute approximate surface area is 153 Å². The lowest BCUT2D eigenvalue weighted by molar-refractivity contribution is -0.139. The van der Waals surface area contributed by atoms with Gasteiger partial charge in [0.1, 0.15) is 17.3 Å². The van der Waals surface area contributed by atoms with E-state index in [0.717, 1.165) is 11.1 Å². The van der Waals surface area contributed by atoms with Gasteiger partial charge in [-0.3, -0.25) is 0 Å². The zero-order valence-electron chi connectivity index (χ0n) is 16.2. The summed E-state index contributed by atoms with van der Waals surface area (Å²) in [5.74, 6) is -1.68. The van der Waals surface area contributed by atoms with E-state index < -0.39 is 29.7 Å². The fourth-order valence-corrected chi connectivity index (χ4v) is 2.61. The molecule has 1 amide bonds. The number of esters is 1. The van der Waals surface area contributed by atoms with Crippen molar-refractivity contribution in [1.29, 1.82) is 0 Å². The third-order valence-corrected chi connectivity index (χ3v) is 3.70. The normalized spacial score (nSPS) is 12.4. The SMILES string of the molecule is CCOC(=O)c1[nH]c(CC(NC(=O)OC(C)(C)C)C(=O)O)c(CC)c1C. The minimum atomic E-state index is -1.19. The Hall–Kier alpha value is -2.51. The molecule has 8 nitrogen and oxygen atoms in total. The van der Waals surface area contributed by atoms with Crippen LogP contribution >= 0.6 is 0 Å². The number of alkyl carbamates (subject to hydrolysis) is 1. The second-order valence-electron chi connectivity index (χ2n) is 6.90. The van der Waals surface area contributed by atoms with Gasteiger partial charge in [0.15, 0.2) is 0 Å². The van der Waals surface area contributed by atoms with Gasteiger partial charge < -0.3 is 24.9 Å². The molecule has 0 fully saturated rings. The van der Waals surface area contributed by atoms with Gasteiger partial charge in [-0.25, -0.2) is 14.4 Å². The third-order valence-electron chi connectivity index (χ3n) is 3.70. The molecule has 0 saturated carbocycles. The molecule has 8 heteroatoms. The molecule has 0 bridgehead atoms. The molecule has 1 rings (SSSR count). The van der Waals surface area contributed by atoms with E-state index in [-0.39, 0.29) is 13.0 Å². The van der Waals surface area contributed by atoms with Crippen LogP contribution in [0.3, 0.4) is 0 Å². The summed E-state index contributed by atoms with van der Waals surface area (Å²) in [5.41, 5.74) is 1.71. The molecular formula is C18H28N2O6. The summed E-state index contributed by atoms with van der Waals surface area (Å²) in [6, 6.07) is -1.19. The van der Waals surface area contributed by atoms with Crippen LogP contribution in [0.5, 0.6) is 0 Å². The number of hydrogen-bond acceptors (Lipinski definition) is 5. The van der Waals surface area contributed by atoms with Crippen molar-refractivity contribution in [3.05, 3.63) is 22.5 Å². The molecule has 0 aliphatic carbocycles. The number of aromatic nitrogens is 1. The van der Waals surface area contributed by atoms with Crippen molar-refractivity contribution in [3.63, 3.8) is 0 Å². The maximum atomic E-state index is 12.0. The Morgan fingerprint density at radius 2 is 1.85 bits per heavy atom. The zero-order chi connectivity index (χ0) is 20.1. The molecule has 0 spiro atoms. The molecule has 1 unspecified atom stereocenters. The fraction of sp³-hybridized carbons (Fsp3) is 0.611. The van der Waals surface area contributed by atoms with Gasteiger partial charge in [0.05, 0.1) is 6.61 Å². The smallest absolute Gasteiger partial charge is 0.408 e. The van der Waals surface area contributed by atoms with Gasteiger partial charge in [0.25, 0.3) is 0 Å². The molecule has 1 atom stereocenters. The average Bonchev–Trinajstić information content (AvgIpc) is 2.80.